The summed E-state index contributed by atoms with van der Waals surface area (Å²) in [6.45, 7) is 4.34. The van der Waals surface area contributed by atoms with E-state index in [2.05, 4.69) is 9.97 Å². The minimum atomic E-state index is 0.0897. The molecule has 2 N–H and O–H groups in total. The smallest absolute Gasteiger partial charge is 0.302 e. The molecule has 0 aliphatic carbocycles. The van der Waals surface area contributed by atoms with E-state index in [0.717, 1.165) is 11.3 Å². The SMILES string of the molecule is CC(C)Oc1nccc2nc(CN)cn12. The van der Waals surface area contributed by atoms with Crippen molar-refractivity contribution in [3.05, 3.63) is 24.2 Å². The standard InChI is InChI=1S/C10H14N4O/c1-7(2)15-10-12-4-3-9-13-8(5-11)6-14(9)10/h3-4,6-7H,5,11H2,1-2H3. The van der Waals surface area contributed by atoms with Crippen LogP contribution in [-0.4, -0.2) is 20.5 Å². The first-order chi connectivity index (χ1) is 7.20. The van der Waals surface area contributed by atoms with E-state index in [1.165, 1.54) is 0 Å². The highest BCUT2D eigenvalue weighted by molar-refractivity contribution is 5.40. The highest BCUT2D eigenvalue weighted by Crippen LogP contribution is 2.13. The molecule has 0 bridgehead atoms. The number of hydrogen-bond donors (Lipinski definition) is 1. The Kier molecular flexibility index (Phi) is 2.55. The van der Waals surface area contributed by atoms with Gasteiger partial charge in [-0.05, 0) is 19.9 Å². The Labute approximate surface area is 87.9 Å². The van der Waals surface area contributed by atoms with Crippen molar-refractivity contribution in [3.63, 3.8) is 0 Å². The second kappa shape index (κ2) is 3.86. The van der Waals surface area contributed by atoms with Crippen LogP contribution in [-0.2, 0) is 6.54 Å². The summed E-state index contributed by atoms with van der Waals surface area (Å²) in [4.78, 5) is 8.47. The lowest BCUT2D eigenvalue weighted by Gasteiger charge is -2.09. The van der Waals surface area contributed by atoms with E-state index < -0.39 is 0 Å². The van der Waals surface area contributed by atoms with E-state index in [-0.39, 0.29) is 6.10 Å². The van der Waals surface area contributed by atoms with Gasteiger partial charge in [-0.3, -0.25) is 4.40 Å². The summed E-state index contributed by atoms with van der Waals surface area (Å²) in [7, 11) is 0. The molecule has 2 aromatic heterocycles. The highest BCUT2D eigenvalue weighted by Gasteiger charge is 2.07. The van der Waals surface area contributed by atoms with Crippen LogP contribution in [0.25, 0.3) is 5.65 Å². The molecule has 0 amide bonds. The number of ether oxygens (including phenoxy) is 1. The molecule has 0 unspecified atom stereocenters. The molecule has 2 rings (SSSR count). The van der Waals surface area contributed by atoms with Gasteiger partial charge in [-0.2, -0.15) is 0 Å². The van der Waals surface area contributed by atoms with Gasteiger partial charge in [-0.15, -0.1) is 0 Å². The lowest BCUT2D eigenvalue weighted by Crippen LogP contribution is -2.09. The second-order valence-electron chi connectivity index (χ2n) is 3.56. The molecule has 0 fully saturated rings. The maximum absolute atomic E-state index is 5.56. The van der Waals surface area contributed by atoms with Gasteiger partial charge in [-0.1, -0.05) is 0 Å². The van der Waals surface area contributed by atoms with Gasteiger partial charge in [0.25, 0.3) is 0 Å². The summed E-state index contributed by atoms with van der Waals surface area (Å²) in [5.74, 6) is 0. The van der Waals surface area contributed by atoms with Crippen molar-refractivity contribution in [3.8, 4) is 6.01 Å². The summed E-state index contributed by atoms with van der Waals surface area (Å²) in [6, 6.07) is 2.38. The average molecular weight is 206 g/mol. The molecule has 5 nitrogen and oxygen atoms in total. The zero-order valence-electron chi connectivity index (χ0n) is 8.84. The number of fused-ring (bicyclic) bond motifs is 1. The molecule has 0 spiro atoms. The van der Waals surface area contributed by atoms with Crippen LogP contribution in [0.4, 0.5) is 0 Å². The van der Waals surface area contributed by atoms with E-state index in [0.29, 0.717) is 12.6 Å². The van der Waals surface area contributed by atoms with Crippen molar-refractivity contribution >= 4 is 5.65 Å². The Morgan fingerprint density at radius 2 is 2.33 bits per heavy atom. The van der Waals surface area contributed by atoms with Crippen LogP contribution < -0.4 is 10.5 Å². The maximum atomic E-state index is 5.56. The molecule has 5 heteroatoms. The Morgan fingerprint density at radius 1 is 1.53 bits per heavy atom. The van der Waals surface area contributed by atoms with Crippen LogP contribution in [0.15, 0.2) is 18.5 Å². The molecule has 0 atom stereocenters. The molecule has 0 saturated carbocycles. The Bertz CT molecular complexity index is 463. The maximum Gasteiger partial charge on any atom is 0.302 e. The summed E-state index contributed by atoms with van der Waals surface area (Å²) in [5, 5.41) is 0. The fraction of sp³-hybridized carbons (Fsp3) is 0.400. The summed E-state index contributed by atoms with van der Waals surface area (Å²) >= 11 is 0. The van der Waals surface area contributed by atoms with Crippen LogP contribution >= 0.6 is 0 Å². The van der Waals surface area contributed by atoms with Crippen molar-refractivity contribution in [2.75, 3.05) is 0 Å². The van der Waals surface area contributed by atoms with Crippen LogP contribution in [0, 0.1) is 0 Å². The highest BCUT2D eigenvalue weighted by atomic mass is 16.5. The topological polar surface area (TPSA) is 65.4 Å². The number of nitrogens with zero attached hydrogens (tertiary/aromatic N) is 3. The van der Waals surface area contributed by atoms with E-state index >= 15 is 0 Å². The molecule has 0 radical (unpaired) electrons. The summed E-state index contributed by atoms with van der Waals surface area (Å²) in [6.07, 6.45) is 3.62. The molecular formula is C10H14N4O. The predicted molar refractivity (Wildman–Crippen MR) is 56.6 cm³/mol. The fourth-order valence-electron chi connectivity index (χ4n) is 1.34. The van der Waals surface area contributed by atoms with Crippen LogP contribution in [0.2, 0.25) is 0 Å². The van der Waals surface area contributed by atoms with Gasteiger partial charge in [0.05, 0.1) is 11.8 Å². The van der Waals surface area contributed by atoms with Gasteiger partial charge in [0.15, 0.2) is 0 Å². The van der Waals surface area contributed by atoms with Gasteiger partial charge in [0, 0.05) is 18.9 Å². The third kappa shape index (κ3) is 1.92. The zero-order chi connectivity index (χ0) is 10.8. The van der Waals surface area contributed by atoms with Gasteiger partial charge in [0.2, 0.25) is 0 Å². The molecule has 80 valence electrons. The van der Waals surface area contributed by atoms with E-state index in [4.69, 9.17) is 10.5 Å². The Balaban J connectivity index is 2.49. The molecule has 15 heavy (non-hydrogen) atoms. The van der Waals surface area contributed by atoms with Crippen molar-refractivity contribution in [2.24, 2.45) is 5.73 Å². The number of imidazole rings is 1. The molecule has 0 aliphatic heterocycles. The van der Waals surface area contributed by atoms with Crippen molar-refractivity contribution in [1.29, 1.82) is 0 Å². The Hall–Kier alpha value is -1.62. The zero-order valence-corrected chi connectivity index (χ0v) is 8.84. The van der Waals surface area contributed by atoms with Gasteiger partial charge < -0.3 is 10.5 Å². The third-order valence-corrected chi connectivity index (χ3v) is 1.95. The first-order valence-corrected chi connectivity index (χ1v) is 4.90. The van der Waals surface area contributed by atoms with Crippen molar-refractivity contribution < 1.29 is 4.74 Å². The predicted octanol–water partition coefficient (Wildman–Crippen LogP) is 0.975. The number of nitrogens with two attached hydrogens (primary N) is 1. The lowest BCUT2D eigenvalue weighted by molar-refractivity contribution is 0.219. The van der Waals surface area contributed by atoms with E-state index in [1.54, 1.807) is 6.20 Å². The minimum Gasteiger partial charge on any atom is -0.462 e. The minimum absolute atomic E-state index is 0.0897. The average Bonchev–Trinajstić information content (AvgIpc) is 2.61. The van der Waals surface area contributed by atoms with Gasteiger partial charge in [-0.25, -0.2) is 9.97 Å². The van der Waals surface area contributed by atoms with E-state index in [9.17, 15) is 0 Å². The molecule has 0 aromatic carbocycles. The number of rotatable bonds is 3. The van der Waals surface area contributed by atoms with Gasteiger partial charge in [0.1, 0.15) is 5.65 Å². The summed E-state index contributed by atoms with van der Waals surface area (Å²) < 4.78 is 7.36. The molecule has 2 aromatic rings. The fourth-order valence-corrected chi connectivity index (χ4v) is 1.34. The van der Waals surface area contributed by atoms with Crippen LogP contribution in [0.3, 0.4) is 0 Å². The molecular weight excluding hydrogens is 192 g/mol. The second-order valence-corrected chi connectivity index (χ2v) is 3.56. The van der Waals surface area contributed by atoms with Crippen molar-refractivity contribution in [2.45, 2.75) is 26.5 Å². The number of aromatic nitrogens is 3. The van der Waals surface area contributed by atoms with Crippen LogP contribution in [0.1, 0.15) is 19.5 Å². The normalized spacial score (nSPS) is 11.2. The summed E-state index contributed by atoms with van der Waals surface area (Å²) in [5.41, 5.74) is 7.16. The first-order valence-electron chi connectivity index (χ1n) is 4.90. The number of hydrogen-bond acceptors (Lipinski definition) is 4. The Morgan fingerprint density at radius 3 is 3.00 bits per heavy atom. The monoisotopic (exact) mass is 206 g/mol. The van der Waals surface area contributed by atoms with E-state index in [1.807, 2.05) is 30.5 Å². The largest absolute Gasteiger partial charge is 0.462 e. The molecule has 0 saturated heterocycles. The van der Waals surface area contributed by atoms with Gasteiger partial charge >= 0.3 is 6.01 Å². The first kappa shape index (κ1) is 9.92. The van der Waals surface area contributed by atoms with Crippen LogP contribution in [0.5, 0.6) is 6.01 Å². The quantitative estimate of drug-likeness (QED) is 0.812. The molecule has 0 aliphatic rings. The molecule has 2 heterocycles. The van der Waals surface area contributed by atoms with Crippen molar-refractivity contribution in [1.82, 2.24) is 14.4 Å². The third-order valence-electron chi connectivity index (χ3n) is 1.95. The lowest BCUT2D eigenvalue weighted by atomic mass is 10.5.